The SMILES string of the molecule is CCCCCCCCCCOC(=O)CC(C(=O)OCCCCCCCCCC)S(=O)(=O)O.[K]. The smallest absolute Gasteiger partial charge is 0.327 e. The van der Waals surface area contributed by atoms with E-state index in [0.717, 1.165) is 38.5 Å². The van der Waals surface area contributed by atoms with Crippen LogP contribution in [0, 0.1) is 0 Å². The zero-order chi connectivity index (χ0) is 24.1. The summed E-state index contributed by atoms with van der Waals surface area (Å²) in [4.78, 5) is 24.0. The normalized spacial score (nSPS) is 12.1. The number of hydrogen-bond acceptors (Lipinski definition) is 6. The monoisotopic (exact) mass is 517 g/mol. The molecule has 1 radical (unpaired) electrons. The Morgan fingerprint density at radius 1 is 0.667 bits per heavy atom. The Labute approximate surface area is 244 Å². The Morgan fingerprint density at radius 3 is 1.42 bits per heavy atom. The van der Waals surface area contributed by atoms with Crippen LogP contribution in [0.5, 0.6) is 0 Å². The first-order valence-electron chi connectivity index (χ1n) is 12.6. The molecule has 0 amide bonds. The van der Waals surface area contributed by atoms with Crippen LogP contribution in [-0.4, -0.2) is 94.8 Å². The molecule has 0 fully saturated rings. The molecular weight excluding hydrogens is 471 g/mol. The van der Waals surface area contributed by atoms with Crippen LogP contribution in [0.15, 0.2) is 0 Å². The fraction of sp³-hybridized carbons (Fsp3) is 0.917. The number of rotatable bonds is 22. The molecule has 0 aliphatic rings. The van der Waals surface area contributed by atoms with Crippen molar-refractivity contribution in [1.29, 1.82) is 0 Å². The van der Waals surface area contributed by atoms with Crippen LogP contribution in [0.1, 0.15) is 123 Å². The molecule has 0 heterocycles. The average Bonchev–Trinajstić information content (AvgIpc) is 2.74. The molecule has 0 saturated carbocycles. The molecule has 0 aliphatic heterocycles. The Bertz CT molecular complexity index is 581. The van der Waals surface area contributed by atoms with Gasteiger partial charge >= 0.3 is 11.9 Å². The molecule has 1 atom stereocenters. The van der Waals surface area contributed by atoms with Crippen molar-refractivity contribution in [3.8, 4) is 0 Å². The zero-order valence-corrected chi connectivity index (χ0v) is 25.3. The van der Waals surface area contributed by atoms with Gasteiger partial charge in [0.15, 0.2) is 5.25 Å². The topological polar surface area (TPSA) is 107 Å². The Morgan fingerprint density at radius 2 is 1.03 bits per heavy atom. The first-order valence-corrected chi connectivity index (χ1v) is 14.1. The van der Waals surface area contributed by atoms with Crippen molar-refractivity contribution >= 4 is 73.4 Å². The Kier molecular flexibility index (Phi) is 26.1. The summed E-state index contributed by atoms with van der Waals surface area (Å²) in [5.74, 6) is -1.92. The maximum Gasteiger partial charge on any atom is 0.327 e. The van der Waals surface area contributed by atoms with E-state index in [4.69, 9.17) is 9.47 Å². The average molecular weight is 518 g/mol. The molecule has 7 nitrogen and oxygen atoms in total. The second kappa shape index (κ2) is 24.2. The summed E-state index contributed by atoms with van der Waals surface area (Å²) in [5, 5.41) is -1.93. The van der Waals surface area contributed by atoms with Crippen LogP contribution in [0.2, 0.25) is 0 Å². The van der Waals surface area contributed by atoms with Gasteiger partial charge < -0.3 is 9.47 Å². The van der Waals surface area contributed by atoms with E-state index in [1.54, 1.807) is 0 Å². The predicted molar refractivity (Wildman–Crippen MR) is 133 cm³/mol. The molecule has 0 rings (SSSR count). The summed E-state index contributed by atoms with van der Waals surface area (Å²) in [6.45, 7) is 4.61. The summed E-state index contributed by atoms with van der Waals surface area (Å²) in [7, 11) is -4.75. The van der Waals surface area contributed by atoms with Gasteiger partial charge in [0.25, 0.3) is 10.1 Å². The number of carbonyl (C=O) groups excluding carboxylic acids is 2. The molecule has 33 heavy (non-hydrogen) atoms. The summed E-state index contributed by atoms with van der Waals surface area (Å²) in [5.41, 5.74) is 0. The van der Waals surface area contributed by atoms with Gasteiger partial charge in [0.1, 0.15) is 0 Å². The van der Waals surface area contributed by atoms with E-state index in [1.165, 1.54) is 51.4 Å². The van der Waals surface area contributed by atoms with Gasteiger partial charge in [-0.2, -0.15) is 8.42 Å². The largest absolute Gasteiger partial charge is 0.466 e. The molecule has 1 unspecified atom stereocenters. The van der Waals surface area contributed by atoms with Crippen molar-refractivity contribution < 1.29 is 32.0 Å². The number of carbonyl (C=O) groups is 2. The third-order valence-electron chi connectivity index (χ3n) is 5.48. The number of ether oxygens (including phenoxy) is 2. The molecule has 0 aromatic rings. The van der Waals surface area contributed by atoms with Crippen LogP contribution in [-0.2, 0) is 29.2 Å². The van der Waals surface area contributed by atoms with Gasteiger partial charge in [-0.25, -0.2) is 0 Å². The standard InChI is InChI=1S/C24H46O7S.K/c1-3-5-7-9-11-13-15-17-19-30-23(25)21-22(32(27,28)29)24(26)31-20-18-16-14-12-10-8-6-4-2;/h22H,3-21H2,1-2H3,(H,27,28,29);. The Hall–Kier alpha value is 0.486. The van der Waals surface area contributed by atoms with Gasteiger partial charge in [-0.15, -0.1) is 0 Å². The first-order chi connectivity index (χ1) is 15.3. The number of hydrogen-bond donors (Lipinski definition) is 1. The van der Waals surface area contributed by atoms with Gasteiger partial charge in [0.2, 0.25) is 0 Å². The zero-order valence-electron chi connectivity index (χ0n) is 21.3. The minimum Gasteiger partial charge on any atom is -0.466 e. The van der Waals surface area contributed by atoms with E-state index in [2.05, 4.69) is 13.8 Å². The minimum atomic E-state index is -4.75. The van der Waals surface area contributed by atoms with Crippen molar-refractivity contribution in [2.75, 3.05) is 13.2 Å². The third-order valence-corrected chi connectivity index (χ3v) is 6.56. The molecule has 9 heteroatoms. The van der Waals surface area contributed by atoms with E-state index >= 15 is 0 Å². The summed E-state index contributed by atoms with van der Waals surface area (Å²) in [6, 6.07) is 0. The van der Waals surface area contributed by atoms with Gasteiger partial charge in [-0.3, -0.25) is 14.1 Å². The molecule has 0 aliphatic carbocycles. The maximum atomic E-state index is 12.1. The van der Waals surface area contributed by atoms with Gasteiger partial charge in [-0.05, 0) is 12.8 Å². The van der Waals surface area contributed by atoms with Crippen LogP contribution >= 0.6 is 0 Å². The van der Waals surface area contributed by atoms with E-state index < -0.39 is 33.7 Å². The molecule has 191 valence electrons. The van der Waals surface area contributed by atoms with E-state index in [-0.39, 0.29) is 64.6 Å². The fourth-order valence-electron chi connectivity index (χ4n) is 3.44. The van der Waals surface area contributed by atoms with E-state index in [9.17, 15) is 22.6 Å². The maximum absolute atomic E-state index is 12.1. The van der Waals surface area contributed by atoms with Gasteiger partial charge in [-0.1, -0.05) is 104 Å². The molecule has 0 spiro atoms. The molecule has 0 aromatic heterocycles. The van der Waals surface area contributed by atoms with E-state index in [0.29, 0.717) is 12.8 Å². The van der Waals surface area contributed by atoms with Gasteiger partial charge in [0, 0.05) is 51.4 Å². The second-order valence-electron chi connectivity index (χ2n) is 8.55. The van der Waals surface area contributed by atoms with Crippen molar-refractivity contribution in [2.24, 2.45) is 0 Å². The van der Waals surface area contributed by atoms with Crippen LogP contribution in [0.4, 0.5) is 0 Å². The summed E-state index contributed by atoms with van der Waals surface area (Å²) >= 11 is 0. The van der Waals surface area contributed by atoms with Crippen molar-refractivity contribution in [3.63, 3.8) is 0 Å². The number of esters is 2. The van der Waals surface area contributed by atoms with Crippen molar-refractivity contribution in [3.05, 3.63) is 0 Å². The molecule has 0 saturated heterocycles. The quantitative estimate of drug-likeness (QED) is 0.0859. The molecule has 1 N–H and O–H groups in total. The van der Waals surface area contributed by atoms with Crippen molar-refractivity contribution in [2.45, 2.75) is 128 Å². The van der Waals surface area contributed by atoms with Gasteiger partial charge in [0.05, 0.1) is 19.6 Å². The third kappa shape index (κ3) is 22.7. The van der Waals surface area contributed by atoms with E-state index in [1.807, 2.05) is 0 Å². The predicted octanol–water partition coefficient (Wildman–Crippen LogP) is 5.62. The van der Waals surface area contributed by atoms with Crippen LogP contribution < -0.4 is 0 Å². The van der Waals surface area contributed by atoms with Crippen LogP contribution in [0.25, 0.3) is 0 Å². The number of unbranched alkanes of at least 4 members (excludes halogenated alkanes) is 14. The first kappa shape index (κ1) is 35.6. The molecular formula is C24H46KO7S. The molecule has 0 bridgehead atoms. The Balaban J connectivity index is 0. The van der Waals surface area contributed by atoms with Crippen molar-refractivity contribution in [1.82, 2.24) is 0 Å². The minimum absolute atomic E-state index is 0. The van der Waals surface area contributed by atoms with Crippen LogP contribution in [0.3, 0.4) is 0 Å². The second-order valence-corrected chi connectivity index (χ2v) is 10.1. The summed E-state index contributed by atoms with van der Waals surface area (Å²) in [6.07, 6.45) is 16.6. The summed E-state index contributed by atoms with van der Waals surface area (Å²) < 4.78 is 42.4. The fourth-order valence-corrected chi connectivity index (χ4v) is 4.10. The molecule has 0 aromatic carbocycles.